The zero-order valence-electron chi connectivity index (χ0n) is 23.1. The third-order valence-electron chi connectivity index (χ3n) is 5.86. The maximum Gasteiger partial charge on any atom is 0.251 e. The van der Waals surface area contributed by atoms with Gasteiger partial charge >= 0.3 is 0 Å². The lowest BCUT2D eigenvalue weighted by molar-refractivity contribution is 0.0928. The average molecular weight is 520 g/mol. The van der Waals surface area contributed by atoms with E-state index in [0.29, 0.717) is 36.6 Å². The third-order valence-corrected chi connectivity index (χ3v) is 5.86. The van der Waals surface area contributed by atoms with Crippen molar-refractivity contribution in [1.29, 1.82) is 0 Å². The van der Waals surface area contributed by atoms with Gasteiger partial charge in [-0.1, -0.05) is 42.5 Å². The second-order valence-corrected chi connectivity index (χ2v) is 9.94. The second-order valence-electron chi connectivity index (χ2n) is 9.94. The number of carbonyl (C=O) groups is 1. The average Bonchev–Trinajstić information content (AvgIpc) is 2.88. The molecule has 0 bridgehead atoms. The molecule has 1 amide bonds. The molecule has 2 atom stereocenters. The molecule has 7 heteroatoms. The molecule has 4 N–H and O–H groups in total. The molecule has 7 nitrogen and oxygen atoms in total. The lowest BCUT2D eigenvalue weighted by atomic mass is 9.99. The number of rotatable bonds is 14. The van der Waals surface area contributed by atoms with E-state index in [1.165, 1.54) is 0 Å². The highest BCUT2D eigenvalue weighted by molar-refractivity contribution is 5.95. The Bertz CT molecular complexity index is 1120. The highest BCUT2D eigenvalue weighted by atomic mass is 16.5. The zero-order valence-corrected chi connectivity index (χ0v) is 23.1. The Labute approximate surface area is 226 Å². The maximum atomic E-state index is 13.5. The number of hydrogen-bond acceptors (Lipinski definition) is 6. The van der Waals surface area contributed by atoms with Crippen LogP contribution in [0.3, 0.4) is 0 Å². The molecule has 0 saturated heterocycles. The minimum atomic E-state index is -0.328. The lowest BCUT2D eigenvalue weighted by Crippen LogP contribution is -2.53. The number of carbonyl (C=O) groups excluding carboxylic acids is 1. The summed E-state index contributed by atoms with van der Waals surface area (Å²) in [5.41, 5.74) is 9.31. The van der Waals surface area contributed by atoms with E-state index in [4.69, 9.17) is 19.9 Å². The summed E-state index contributed by atoms with van der Waals surface area (Å²) >= 11 is 0. The van der Waals surface area contributed by atoms with Crippen LogP contribution in [0.2, 0.25) is 0 Å². The summed E-state index contributed by atoms with van der Waals surface area (Å²) in [5.74, 6) is 1.77. The highest BCUT2D eigenvalue weighted by Gasteiger charge is 2.22. The monoisotopic (exact) mass is 519 g/mol. The van der Waals surface area contributed by atoms with Gasteiger partial charge in [-0.15, -0.1) is 0 Å². The van der Waals surface area contributed by atoms with Crippen LogP contribution in [0.25, 0.3) is 0 Å². The summed E-state index contributed by atoms with van der Waals surface area (Å²) in [6.07, 6.45) is 0.539. The van der Waals surface area contributed by atoms with Crippen molar-refractivity contribution in [3.8, 4) is 17.2 Å². The van der Waals surface area contributed by atoms with E-state index in [-0.39, 0.29) is 30.2 Å². The summed E-state index contributed by atoms with van der Waals surface area (Å²) in [7, 11) is 1.65. The van der Waals surface area contributed by atoms with Crippen LogP contribution in [0.15, 0.2) is 72.8 Å². The quantitative estimate of drug-likeness (QED) is 0.285. The van der Waals surface area contributed by atoms with Crippen molar-refractivity contribution >= 4 is 5.91 Å². The minimum Gasteiger partial charge on any atom is -0.497 e. The molecule has 38 heavy (non-hydrogen) atoms. The molecule has 0 aliphatic heterocycles. The van der Waals surface area contributed by atoms with Crippen molar-refractivity contribution in [3.63, 3.8) is 0 Å². The molecule has 0 saturated carbocycles. The van der Waals surface area contributed by atoms with E-state index in [1.54, 1.807) is 19.2 Å². The smallest absolute Gasteiger partial charge is 0.251 e. The number of hydrogen-bond donors (Lipinski definition) is 3. The van der Waals surface area contributed by atoms with Gasteiger partial charge < -0.3 is 30.6 Å². The predicted octanol–water partition coefficient (Wildman–Crippen LogP) is 4.73. The highest BCUT2D eigenvalue weighted by Crippen LogP contribution is 2.25. The molecule has 3 rings (SSSR count). The van der Waals surface area contributed by atoms with Crippen LogP contribution in [-0.4, -0.2) is 43.9 Å². The normalized spacial score (nSPS) is 12.7. The molecule has 0 aliphatic rings. The maximum absolute atomic E-state index is 13.5. The van der Waals surface area contributed by atoms with Gasteiger partial charge in [0.1, 0.15) is 17.2 Å². The Kier molecular flexibility index (Phi) is 11.0. The molecule has 204 valence electrons. The van der Waals surface area contributed by atoms with E-state index in [1.807, 2.05) is 88.4 Å². The minimum absolute atomic E-state index is 0.0323. The van der Waals surface area contributed by atoms with Crippen LogP contribution >= 0.6 is 0 Å². The van der Waals surface area contributed by atoms with Crippen molar-refractivity contribution in [2.75, 3.05) is 13.7 Å². The molecule has 0 radical (unpaired) electrons. The molecule has 0 aliphatic carbocycles. The molecular formula is C31H41N3O4. The molecular weight excluding hydrogens is 478 g/mol. The van der Waals surface area contributed by atoms with Gasteiger partial charge in [-0.25, -0.2) is 0 Å². The van der Waals surface area contributed by atoms with Crippen molar-refractivity contribution in [3.05, 3.63) is 89.5 Å². The van der Waals surface area contributed by atoms with Crippen LogP contribution < -0.4 is 30.6 Å². The fourth-order valence-electron chi connectivity index (χ4n) is 4.12. The van der Waals surface area contributed by atoms with E-state index in [2.05, 4.69) is 10.6 Å². The van der Waals surface area contributed by atoms with Crippen molar-refractivity contribution in [2.24, 2.45) is 5.73 Å². The fraction of sp³-hybridized carbons (Fsp3) is 0.387. The molecule has 3 aromatic rings. The van der Waals surface area contributed by atoms with E-state index in [0.717, 1.165) is 16.9 Å². The van der Waals surface area contributed by atoms with Gasteiger partial charge in [0, 0.05) is 36.8 Å². The van der Waals surface area contributed by atoms with Crippen LogP contribution in [0.1, 0.15) is 49.2 Å². The lowest BCUT2D eigenvalue weighted by Gasteiger charge is -2.26. The fourth-order valence-corrected chi connectivity index (χ4v) is 4.12. The summed E-state index contributed by atoms with van der Waals surface area (Å²) in [5, 5.41) is 6.60. The first-order valence-electron chi connectivity index (χ1n) is 13.2. The van der Waals surface area contributed by atoms with Crippen LogP contribution in [0.5, 0.6) is 17.2 Å². The van der Waals surface area contributed by atoms with Crippen LogP contribution in [0, 0.1) is 0 Å². The molecule has 1 unspecified atom stereocenters. The number of nitrogens with one attached hydrogen (secondary N) is 2. The van der Waals surface area contributed by atoms with E-state index < -0.39 is 0 Å². The molecule has 3 aromatic carbocycles. The van der Waals surface area contributed by atoms with Gasteiger partial charge in [-0.3, -0.25) is 4.79 Å². The molecule has 0 fully saturated rings. The molecule has 0 heterocycles. The Balaban J connectivity index is 1.75. The Morgan fingerprint density at radius 1 is 0.816 bits per heavy atom. The number of methoxy groups -OCH3 is 1. The third kappa shape index (κ3) is 9.39. The standard InChI is InChI=1S/C31H41N3O4/c1-21(2)37-27-16-25(17-28(18-27)38-22(3)4)31(35)34-30(15-23-10-7-6-8-11-23)29(32)20-33-19-24-12-9-13-26(14-24)36-5/h6-14,16-18,21-22,29-30,33H,15,19-20,32H2,1-5H3,(H,34,35)/t29?,30-/m0/s1. The van der Waals surface area contributed by atoms with Gasteiger partial charge in [-0.2, -0.15) is 0 Å². The largest absolute Gasteiger partial charge is 0.497 e. The number of benzene rings is 3. The number of nitrogens with two attached hydrogens (primary N) is 1. The van der Waals surface area contributed by atoms with Crippen LogP contribution in [-0.2, 0) is 13.0 Å². The first-order chi connectivity index (χ1) is 18.2. The number of ether oxygens (including phenoxy) is 3. The Hall–Kier alpha value is -3.55. The van der Waals surface area contributed by atoms with Crippen molar-refractivity contribution in [1.82, 2.24) is 10.6 Å². The zero-order chi connectivity index (χ0) is 27.5. The van der Waals surface area contributed by atoms with Gasteiger partial charge in [0.15, 0.2) is 0 Å². The van der Waals surface area contributed by atoms with E-state index in [9.17, 15) is 4.79 Å². The van der Waals surface area contributed by atoms with Gasteiger partial charge in [0.25, 0.3) is 5.91 Å². The topological polar surface area (TPSA) is 94.8 Å². The predicted molar refractivity (Wildman–Crippen MR) is 152 cm³/mol. The van der Waals surface area contributed by atoms with Gasteiger partial charge in [-0.05, 0) is 69.5 Å². The summed E-state index contributed by atoms with van der Waals surface area (Å²) in [4.78, 5) is 13.5. The first kappa shape index (κ1) is 29.0. The molecule has 0 spiro atoms. The van der Waals surface area contributed by atoms with Gasteiger partial charge in [0.2, 0.25) is 0 Å². The van der Waals surface area contributed by atoms with Crippen molar-refractivity contribution < 1.29 is 19.0 Å². The summed E-state index contributed by atoms with van der Waals surface area (Å²) in [6, 6.07) is 22.6. The van der Waals surface area contributed by atoms with Crippen LogP contribution in [0.4, 0.5) is 0 Å². The van der Waals surface area contributed by atoms with Gasteiger partial charge in [0.05, 0.1) is 19.3 Å². The molecule has 0 aromatic heterocycles. The Morgan fingerprint density at radius 2 is 1.45 bits per heavy atom. The first-order valence-corrected chi connectivity index (χ1v) is 13.2. The summed E-state index contributed by atoms with van der Waals surface area (Å²) in [6.45, 7) is 8.95. The van der Waals surface area contributed by atoms with Crippen molar-refractivity contribution in [2.45, 2.75) is 65.0 Å². The number of amides is 1. The van der Waals surface area contributed by atoms with E-state index >= 15 is 0 Å². The second kappa shape index (κ2) is 14.4. The SMILES string of the molecule is COc1cccc(CNCC(N)[C@H](Cc2ccccc2)NC(=O)c2cc(OC(C)C)cc(OC(C)C)c2)c1. The summed E-state index contributed by atoms with van der Waals surface area (Å²) < 4.78 is 17.1. The Morgan fingerprint density at radius 3 is 2.05 bits per heavy atom.